The molecule has 1 N–H and O–H groups in total. The number of methoxy groups -OCH3 is 1. The number of anilines is 1. The highest BCUT2D eigenvalue weighted by Crippen LogP contribution is 2.34. The molecule has 1 aliphatic rings. The molecule has 1 saturated heterocycles. The zero-order valence-corrected chi connectivity index (χ0v) is 19.9. The minimum atomic E-state index is -0.287. The van der Waals surface area contributed by atoms with Crippen LogP contribution in [0.15, 0.2) is 75.9 Å². The molecule has 0 aliphatic carbocycles. The molecule has 2 heterocycles. The number of fused-ring (bicyclic) bond motifs is 1. The largest absolute Gasteiger partial charge is 0.507 e. The molecule has 7 nitrogen and oxygen atoms in total. The maximum atomic E-state index is 13.4. The van der Waals surface area contributed by atoms with Gasteiger partial charge in [-0.1, -0.05) is 30.3 Å². The maximum absolute atomic E-state index is 13.4. The second-order valence-corrected chi connectivity index (χ2v) is 8.61. The third-order valence-corrected chi connectivity index (χ3v) is 6.42. The average Bonchev–Trinajstić information content (AvgIpc) is 2.89. The van der Waals surface area contributed by atoms with E-state index in [1.807, 2.05) is 30.3 Å². The van der Waals surface area contributed by atoms with Gasteiger partial charge in [0.2, 0.25) is 11.2 Å². The molecule has 0 amide bonds. The predicted octanol–water partition coefficient (Wildman–Crippen LogP) is 4.93. The van der Waals surface area contributed by atoms with Crippen LogP contribution in [0.1, 0.15) is 11.3 Å². The number of benzene rings is 3. The van der Waals surface area contributed by atoms with Crippen molar-refractivity contribution in [1.29, 1.82) is 0 Å². The average molecular weight is 473 g/mol. The molecule has 4 aromatic rings. The second-order valence-electron chi connectivity index (χ2n) is 8.61. The van der Waals surface area contributed by atoms with Crippen molar-refractivity contribution < 1.29 is 19.0 Å². The summed E-state index contributed by atoms with van der Waals surface area (Å²) in [6.45, 7) is 5.62. The van der Waals surface area contributed by atoms with E-state index >= 15 is 0 Å². The van der Waals surface area contributed by atoms with Crippen molar-refractivity contribution in [2.45, 2.75) is 13.5 Å². The quantitative estimate of drug-likeness (QED) is 0.426. The zero-order valence-electron chi connectivity index (χ0n) is 19.9. The van der Waals surface area contributed by atoms with E-state index in [0.29, 0.717) is 40.3 Å². The fourth-order valence-corrected chi connectivity index (χ4v) is 4.51. The van der Waals surface area contributed by atoms with Crippen LogP contribution in [0.2, 0.25) is 0 Å². The minimum Gasteiger partial charge on any atom is -0.507 e. The van der Waals surface area contributed by atoms with Crippen LogP contribution in [0.4, 0.5) is 5.69 Å². The highest BCUT2D eigenvalue weighted by atomic mass is 16.5. The molecule has 0 atom stereocenters. The molecule has 0 saturated carbocycles. The third kappa shape index (κ3) is 4.55. The number of ether oxygens (including phenoxy) is 2. The van der Waals surface area contributed by atoms with Gasteiger partial charge in [0, 0.05) is 38.4 Å². The van der Waals surface area contributed by atoms with Crippen molar-refractivity contribution in [2.24, 2.45) is 0 Å². The van der Waals surface area contributed by atoms with E-state index in [2.05, 4.69) is 21.9 Å². The first kappa shape index (κ1) is 22.8. The first-order chi connectivity index (χ1) is 17.0. The van der Waals surface area contributed by atoms with Crippen LogP contribution in [-0.2, 0) is 6.54 Å². The number of phenols is 1. The van der Waals surface area contributed by atoms with Gasteiger partial charge >= 0.3 is 0 Å². The summed E-state index contributed by atoms with van der Waals surface area (Å²) >= 11 is 0. The number of aromatic hydroxyl groups is 1. The molecule has 3 aromatic carbocycles. The fraction of sp³-hybridized carbons (Fsp3) is 0.250. The van der Waals surface area contributed by atoms with Crippen LogP contribution in [0, 0.1) is 6.92 Å². The molecule has 0 radical (unpaired) electrons. The van der Waals surface area contributed by atoms with Crippen LogP contribution in [0.3, 0.4) is 0 Å². The molecule has 1 fully saturated rings. The van der Waals surface area contributed by atoms with Gasteiger partial charge in [0.05, 0.1) is 18.1 Å². The number of nitrogens with zero attached hydrogens (tertiary/aromatic N) is 2. The highest BCUT2D eigenvalue weighted by molar-refractivity contribution is 5.83. The Kier molecular flexibility index (Phi) is 6.33. The van der Waals surface area contributed by atoms with Gasteiger partial charge in [-0.15, -0.1) is 0 Å². The molecule has 0 unspecified atom stereocenters. The summed E-state index contributed by atoms with van der Waals surface area (Å²) in [6.07, 6.45) is 0. The Balaban J connectivity index is 1.42. The van der Waals surface area contributed by atoms with Crippen molar-refractivity contribution in [3.05, 3.63) is 88.3 Å². The van der Waals surface area contributed by atoms with Crippen molar-refractivity contribution in [3.63, 3.8) is 0 Å². The Morgan fingerprint density at radius 1 is 0.914 bits per heavy atom. The van der Waals surface area contributed by atoms with Gasteiger partial charge in [-0.2, -0.15) is 0 Å². The maximum Gasteiger partial charge on any atom is 0.235 e. The Morgan fingerprint density at radius 2 is 1.60 bits per heavy atom. The van der Waals surface area contributed by atoms with Crippen molar-refractivity contribution in [2.75, 3.05) is 38.2 Å². The van der Waals surface area contributed by atoms with Crippen LogP contribution in [0.5, 0.6) is 23.0 Å². The molecule has 5 rings (SSSR count). The highest BCUT2D eigenvalue weighted by Gasteiger charge is 2.23. The van der Waals surface area contributed by atoms with Gasteiger partial charge in [0.15, 0.2) is 11.5 Å². The minimum absolute atomic E-state index is 0.107. The van der Waals surface area contributed by atoms with E-state index in [1.165, 1.54) is 5.69 Å². The van der Waals surface area contributed by atoms with Crippen molar-refractivity contribution in [1.82, 2.24) is 4.90 Å². The van der Waals surface area contributed by atoms with Gasteiger partial charge in [-0.05, 0) is 43.3 Å². The van der Waals surface area contributed by atoms with Crippen molar-refractivity contribution >= 4 is 16.7 Å². The number of piperazine rings is 1. The summed E-state index contributed by atoms with van der Waals surface area (Å²) in [7, 11) is 1.55. The van der Waals surface area contributed by atoms with E-state index in [-0.39, 0.29) is 16.9 Å². The SMILES string of the molecule is COc1ccccc1Oc1c(C)oc2c(CN3CCN(c4ccccc4)CC3)c(O)ccc2c1=O. The lowest BCUT2D eigenvalue weighted by molar-refractivity contribution is 0.246. The number of aryl methyl sites for hydroxylation is 1. The Labute approximate surface area is 203 Å². The molecule has 1 aromatic heterocycles. The second kappa shape index (κ2) is 9.72. The van der Waals surface area contributed by atoms with E-state index in [1.54, 1.807) is 38.3 Å². The fourth-order valence-electron chi connectivity index (χ4n) is 4.51. The lowest BCUT2D eigenvalue weighted by atomic mass is 10.1. The van der Waals surface area contributed by atoms with Gasteiger partial charge < -0.3 is 23.9 Å². The lowest BCUT2D eigenvalue weighted by Crippen LogP contribution is -2.46. The molecular weight excluding hydrogens is 444 g/mol. The topological polar surface area (TPSA) is 75.4 Å². The smallest absolute Gasteiger partial charge is 0.235 e. The van der Waals surface area contributed by atoms with Crippen LogP contribution in [0.25, 0.3) is 11.0 Å². The Morgan fingerprint density at radius 3 is 2.31 bits per heavy atom. The monoisotopic (exact) mass is 472 g/mol. The van der Waals surface area contributed by atoms with Crippen LogP contribution < -0.4 is 19.8 Å². The first-order valence-electron chi connectivity index (χ1n) is 11.7. The molecule has 0 bridgehead atoms. The zero-order chi connectivity index (χ0) is 24.4. The van der Waals surface area contributed by atoms with E-state index in [9.17, 15) is 9.90 Å². The Hall–Kier alpha value is -3.97. The van der Waals surface area contributed by atoms with Gasteiger partial charge in [0.25, 0.3) is 0 Å². The Bertz CT molecular complexity index is 1390. The van der Waals surface area contributed by atoms with E-state index in [0.717, 1.165) is 26.2 Å². The number of hydrogen-bond donors (Lipinski definition) is 1. The van der Waals surface area contributed by atoms with E-state index < -0.39 is 0 Å². The van der Waals surface area contributed by atoms with E-state index in [4.69, 9.17) is 13.9 Å². The molecular formula is C28H28N2O5. The third-order valence-electron chi connectivity index (χ3n) is 6.42. The number of para-hydroxylation sites is 3. The standard InChI is InChI=1S/C28H28N2O5/c1-19-27(35-25-11-7-6-10-24(25)33-2)26(32)21-12-13-23(31)22(28(21)34-19)18-29-14-16-30(17-15-29)20-8-4-3-5-9-20/h3-13,31H,14-18H2,1-2H3. The van der Waals surface area contributed by atoms with Gasteiger partial charge in [0.1, 0.15) is 17.1 Å². The summed E-state index contributed by atoms with van der Waals surface area (Å²) in [4.78, 5) is 18.0. The molecule has 0 spiro atoms. The van der Waals surface area contributed by atoms with Gasteiger partial charge in [-0.25, -0.2) is 0 Å². The number of phenolic OH excluding ortho intramolecular Hbond substituents is 1. The van der Waals surface area contributed by atoms with Crippen LogP contribution in [-0.4, -0.2) is 43.3 Å². The molecule has 180 valence electrons. The predicted molar refractivity (Wildman–Crippen MR) is 136 cm³/mol. The summed E-state index contributed by atoms with van der Waals surface area (Å²) in [5, 5.41) is 11.0. The van der Waals surface area contributed by atoms with Crippen molar-refractivity contribution in [3.8, 4) is 23.0 Å². The summed E-state index contributed by atoms with van der Waals surface area (Å²) < 4.78 is 17.4. The number of hydrogen-bond acceptors (Lipinski definition) is 7. The normalized spacial score (nSPS) is 14.3. The lowest BCUT2D eigenvalue weighted by Gasteiger charge is -2.36. The summed E-state index contributed by atoms with van der Waals surface area (Å²) in [5.74, 6) is 1.51. The summed E-state index contributed by atoms with van der Waals surface area (Å²) in [6, 6.07) is 20.6. The molecule has 7 heteroatoms. The van der Waals surface area contributed by atoms with Gasteiger partial charge in [-0.3, -0.25) is 9.69 Å². The molecule has 35 heavy (non-hydrogen) atoms. The molecule has 1 aliphatic heterocycles. The first-order valence-corrected chi connectivity index (χ1v) is 11.7. The number of rotatable bonds is 6. The summed E-state index contributed by atoms with van der Waals surface area (Å²) in [5.41, 5.74) is 1.93. The van der Waals surface area contributed by atoms with Crippen LogP contribution >= 0.6 is 0 Å².